The largest absolute Gasteiger partial charge is 0.478 e. The lowest BCUT2D eigenvalue weighted by atomic mass is 10.0. The molecule has 0 aliphatic heterocycles. The van der Waals surface area contributed by atoms with Crippen LogP contribution in [0.25, 0.3) is 10.1 Å². The number of aromatic carboxylic acids is 1. The summed E-state index contributed by atoms with van der Waals surface area (Å²) in [5, 5.41) is 9.94. The molecule has 0 aliphatic rings. The molecule has 2 nitrogen and oxygen atoms in total. The highest BCUT2D eigenvalue weighted by Crippen LogP contribution is 2.29. The van der Waals surface area contributed by atoms with E-state index in [9.17, 15) is 4.79 Å². The standard InChI is InChI=1S/C11H10O2S/c1-6-3-4-9-8(5-7(2)14-9)10(6)11(12)13/h3-5H,1-2H3,(H,12,13). The quantitative estimate of drug-likeness (QED) is 0.777. The number of fused-ring (bicyclic) bond motifs is 1. The fourth-order valence-corrected chi connectivity index (χ4v) is 2.56. The lowest BCUT2D eigenvalue weighted by molar-refractivity contribution is 0.0698. The second kappa shape index (κ2) is 3.10. The lowest BCUT2D eigenvalue weighted by Crippen LogP contribution is -1.99. The van der Waals surface area contributed by atoms with Crippen molar-refractivity contribution in [2.24, 2.45) is 0 Å². The average Bonchev–Trinajstić information content (AvgIpc) is 2.43. The molecule has 2 rings (SSSR count). The summed E-state index contributed by atoms with van der Waals surface area (Å²) in [5.74, 6) is -0.842. The number of benzene rings is 1. The molecular formula is C11H10O2S. The van der Waals surface area contributed by atoms with Crippen molar-refractivity contribution >= 4 is 27.4 Å². The molecule has 0 aliphatic carbocycles. The van der Waals surface area contributed by atoms with Gasteiger partial charge in [-0.25, -0.2) is 4.79 Å². The van der Waals surface area contributed by atoms with E-state index in [1.54, 1.807) is 11.3 Å². The topological polar surface area (TPSA) is 37.3 Å². The van der Waals surface area contributed by atoms with E-state index in [4.69, 9.17) is 5.11 Å². The predicted molar refractivity (Wildman–Crippen MR) is 58.3 cm³/mol. The van der Waals surface area contributed by atoms with Gasteiger partial charge in [-0.05, 0) is 31.5 Å². The monoisotopic (exact) mass is 206 g/mol. The molecule has 0 spiro atoms. The molecule has 1 aromatic carbocycles. The van der Waals surface area contributed by atoms with Gasteiger partial charge >= 0.3 is 5.97 Å². The van der Waals surface area contributed by atoms with E-state index in [1.807, 2.05) is 32.0 Å². The van der Waals surface area contributed by atoms with Gasteiger partial charge in [0.05, 0.1) is 5.56 Å². The maximum atomic E-state index is 11.0. The van der Waals surface area contributed by atoms with Gasteiger partial charge in [0.15, 0.2) is 0 Å². The van der Waals surface area contributed by atoms with Crippen LogP contribution < -0.4 is 0 Å². The summed E-state index contributed by atoms with van der Waals surface area (Å²) in [6.45, 7) is 3.82. The molecule has 0 saturated heterocycles. The van der Waals surface area contributed by atoms with Crippen molar-refractivity contribution in [1.82, 2.24) is 0 Å². The molecule has 0 fully saturated rings. The maximum absolute atomic E-state index is 11.0. The van der Waals surface area contributed by atoms with Crippen LogP contribution in [0.2, 0.25) is 0 Å². The number of thiophene rings is 1. The molecule has 2 aromatic rings. The number of carboxylic acid groups (broad SMARTS) is 1. The summed E-state index contributed by atoms with van der Waals surface area (Å²) < 4.78 is 1.05. The Bertz CT molecular complexity index is 511. The highest BCUT2D eigenvalue weighted by atomic mass is 32.1. The van der Waals surface area contributed by atoms with E-state index in [1.165, 1.54) is 0 Å². The van der Waals surface area contributed by atoms with Crippen LogP contribution in [0.3, 0.4) is 0 Å². The van der Waals surface area contributed by atoms with Crippen molar-refractivity contribution in [3.8, 4) is 0 Å². The Morgan fingerprint density at radius 3 is 2.71 bits per heavy atom. The van der Waals surface area contributed by atoms with E-state index in [-0.39, 0.29) is 0 Å². The average molecular weight is 206 g/mol. The first-order chi connectivity index (χ1) is 6.59. The summed E-state index contributed by atoms with van der Waals surface area (Å²) in [7, 11) is 0. The molecule has 0 radical (unpaired) electrons. The van der Waals surface area contributed by atoms with Gasteiger partial charge in [0.1, 0.15) is 0 Å². The summed E-state index contributed by atoms with van der Waals surface area (Å²) in [6, 6.07) is 5.78. The fraction of sp³-hybridized carbons (Fsp3) is 0.182. The molecule has 0 bridgehead atoms. The number of hydrogen-bond donors (Lipinski definition) is 1. The zero-order chi connectivity index (χ0) is 10.3. The van der Waals surface area contributed by atoms with Crippen molar-refractivity contribution in [1.29, 1.82) is 0 Å². The van der Waals surface area contributed by atoms with Crippen LogP contribution in [0.1, 0.15) is 20.8 Å². The number of rotatable bonds is 1. The van der Waals surface area contributed by atoms with Gasteiger partial charge in [0, 0.05) is 15.0 Å². The minimum absolute atomic E-state index is 0.437. The minimum Gasteiger partial charge on any atom is -0.478 e. The first-order valence-corrected chi connectivity index (χ1v) is 5.14. The summed E-state index contributed by atoms with van der Waals surface area (Å²) in [6.07, 6.45) is 0. The lowest BCUT2D eigenvalue weighted by Gasteiger charge is -2.01. The zero-order valence-electron chi connectivity index (χ0n) is 8.00. The van der Waals surface area contributed by atoms with E-state index >= 15 is 0 Å². The fourth-order valence-electron chi connectivity index (χ4n) is 1.63. The van der Waals surface area contributed by atoms with Crippen molar-refractivity contribution in [2.45, 2.75) is 13.8 Å². The van der Waals surface area contributed by atoms with Gasteiger partial charge in [0.2, 0.25) is 0 Å². The van der Waals surface area contributed by atoms with Gasteiger partial charge in [-0.3, -0.25) is 0 Å². The van der Waals surface area contributed by atoms with E-state index < -0.39 is 5.97 Å². The molecule has 0 atom stereocenters. The molecule has 3 heteroatoms. The number of carboxylic acids is 1. The summed E-state index contributed by atoms with van der Waals surface area (Å²) in [4.78, 5) is 12.2. The van der Waals surface area contributed by atoms with Gasteiger partial charge in [-0.1, -0.05) is 6.07 Å². The number of aryl methyl sites for hydroxylation is 2. The van der Waals surface area contributed by atoms with Crippen molar-refractivity contribution < 1.29 is 9.90 Å². The van der Waals surface area contributed by atoms with Crippen LogP contribution in [0, 0.1) is 13.8 Å². The summed E-state index contributed by atoms with van der Waals surface area (Å²) >= 11 is 1.63. The van der Waals surface area contributed by atoms with Gasteiger partial charge in [-0.2, -0.15) is 0 Å². The number of carbonyl (C=O) groups is 1. The molecule has 1 N–H and O–H groups in total. The minimum atomic E-state index is -0.842. The zero-order valence-corrected chi connectivity index (χ0v) is 8.81. The van der Waals surface area contributed by atoms with Crippen LogP contribution in [-0.4, -0.2) is 11.1 Å². The molecule has 14 heavy (non-hydrogen) atoms. The van der Waals surface area contributed by atoms with Crippen molar-refractivity contribution in [3.05, 3.63) is 34.2 Å². The van der Waals surface area contributed by atoms with Crippen molar-refractivity contribution in [3.63, 3.8) is 0 Å². The first kappa shape index (κ1) is 9.21. The maximum Gasteiger partial charge on any atom is 0.336 e. The Labute approximate surface area is 85.8 Å². The second-order valence-corrected chi connectivity index (χ2v) is 4.62. The van der Waals surface area contributed by atoms with Gasteiger partial charge in [0.25, 0.3) is 0 Å². The van der Waals surface area contributed by atoms with E-state index in [0.717, 1.165) is 20.5 Å². The predicted octanol–water partition coefficient (Wildman–Crippen LogP) is 3.22. The molecule has 0 amide bonds. The van der Waals surface area contributed by atoms with Gasteiger partial charge in [-0.15, -0.1) is 11.3 Å². The Morgan fingerprint density at radius 2 is 2.07 bits per heavy atom. The third kappa shape index (κ3) is 1.30. The van der Waals surface area contributed by atoms with Crippen LogP contribution in [0.15, 0.2) is 18.2 Å². The van der Waals surface area contributed by atoms with Crippen LogP contribution in [-0.2, 0) is 0 Å². The Morgan fingerprint density at radius 1 is 1.36 bits per heavy atom. The van der Waals surface area contributed by atoms with Crippen molar-refractivity contribution in [2.75, 3.05) is 0 Å². The third-order valence-corrected chi connectivity index (χ3v) is 3.26. The smallest absolute Gasteiger partial charge is 0.336 e. The highest BCUT2D eigenvalue weighted by Gasteiger charge is 2.13. The highest BCUT2D eigenvalue weighted by molar-refractivity contribution is 7.19. The molecule has 72 valence electrons. The SMILES string of the molecule is Cc1cc2c(C(=O)O)c(C)ccc2s1. The van der Waals surface area contributed by atoms with E-state index in [0.29, 0.717) is 5.56 Å². The molecule has 0 unspecified atom stereocenters. The molecule has 1 heterocycles. The Kier molecular flexibility index (Phi) is 2.04. The molecular weight excluding hydrogens is 196 g/mol. The Balaban J connectivity index is 2.88. The first-order valence-electron chi connectivity index (χ1n) is 4.32. The third-order valence-electron chi connectivity index (χ3n) is 2.25. The Hall–Kier alpha value is -1.35. The molecule has 1 aromatic heterocycles. The van der Waals surface area contributed by atoms with Crippen LogP contribution in [0.4, 0.5) is 0 Å². The number of hydrogen-bond acceptors (Lipinski definition) is 2. The van der Waals surface area contributed by atoms with Gasteiger partial charge < -0.3 is 5.11 Å². The summed E-state index contributed by atoms with van der Waals surface area (Å²) in [5.41, 5.74) is 1.26. The second-order valence-electron chi connectivity index (χ2n) is 3.33. The van der Waals surface area contributed by atoms with E-state index in [2.05, 4.69) is 0 Å². The normalized spacial score (nSPS) is 10.7. The molecule has 0 saturated carbocycles. The van der Waals surface area contributed by atoms with Crippen LogP contribution in [0.5, 0.6) is 0 Å². The van der Waals surface area contributed by atoms with Crippen LogP contribution >= 0.6 is 11.3 Å².